The Morgan fingerprint density at radius 3 is 1.75 bits per heavy atom. The van der Waals surface area contributed by atoms with E-state index >= 15 is 0 Å². The van der Waals surface area contributed by atoms with Crippen molar-refractivity contribution in [3.8, 4) is 0 Å². The molecule has 3 aliphatic rings. The van der Waals surface area contributed by atoms with Gasteiger partial charge in [0.15, 0.2) is 12.6 Å². The van der Waals surface area contributed by atoms with Gasteiger partial charge in [-0.1, -0.05) is 0 Å². The highest BCUT2D eigenvalue weighted by molar-refractivity contribution is 4.95. The van der Waals surface area contributed by atoms with Crippen molar-refractivity contribution in [3.63, 3.8) is 0 Å². The lowest BCUT2D eigenvalue weighted by molar-refractivity contribution is -0.366. The Morgan fingerprint density at radius 2 is 1.12 bits per heavy atom. The van der Waals surface area contributed by atoms with Crippen molar-refractivity contribution in [2.45, 2.75) is 98.7 Å². The van der Waals surface area contributed by atoms with Crippen LogP contribution in [0, 0.1) is 0 Å². The first-order chi connectivity index (χ1) is 15.1. The monoisotopic (exact) mass is 472 g/mol. The van der Waals surface area contributed by atoms with Crippen LogP contribution in [-0.4, -0.2) is 150 Å². The van der Waals surface area contributed by atoms with Crippen molar-refractivity contribution in [2.24, 2.45) is 0 Å². The van der Waals surface area contributed by atoms with E-state index in [-0.39, 0.29) is 12.8 Å². The third kappa shape index (κ3) is 5.08. The minimum Gasteiger partial charge on any atom is -0.394 e. The normalized spacial score (nSPS) is 52.7. The van der Waals surface area contributed by atoms with E-state index in [0.717, 1.165) is 0 Å². The molecule has 3 rings (SSSR count). The molecule has 10 N–H and O–H groups in total. The van der Waals surface area contributed by atoms with Crippen LogP contribution in [0.15, 0.2) is 0 Å². The minimum atomic E-state index is -1.78. The van der Waals surface area contributed by atoms with Gasteiger partial charge in [0.05, 0.1) is 25.4 Å². The Hall–Kier alpha value is -0.560. The second-order valence-electron chi connectivity index (χ2n) is 8.31. The molecule has 14 atom stereocenters. The van der Waals surface area contributed by atoms with Crippen molar-refractivity contribution in [2.75, 3.05) is 13.2 Å². The Balaban J connectivity index is 1.67. The van der Waals surface area contributed by atoms with Gasteiger partial charge in [0.2, 0.25) is 0 Å². The molecule has 2 aliphatic heterocycles. The highest BCUT2D eigenvalue weighted by atomic mass is 16.7. The Kier molecular flexibility index (Phi) is 8.79. The molecule has 14 nitrogen and oxygen atoms in total. The first-order valence-corrected chi connectivity index (χ1v) is 10.4. The van der Waals surface area contributed by atoms with Gasteiger partial charge in [-0.2, -0.15) is 0 Å². The second kappa shape index (κ2) is 10.8. The molecule has 0 bridgehead atoms. The first kappa shape index (κ1) is 26.1. The smallest absolute Gasteiger partial charge is 0.187 e. The first-order valence-electron chi connectivity index (χ1n) is 10.4. The van der Waals surface area contributed by atoms with Crippen LogP contribution < -0.4 is 0 Å². The molecule has 0 spiro atoms. The largest absolute Gasteiger partial charge is 0.394 e. The van der Waals surface area contributed by atoms with Gasteiger partial charge in [-0.15, -0.1) is 0 Å². The summed E-state index contributed by atoms with van der Waals surface area (Å²) in [5.41, 5.74) is 0. The molecule has 1 aliphatic carbocycles. The Bertz CT molecular complexity index is 592. The summed E-state index contributed by atoms with van der Waals surface area (Å²) in [5.74, 6) is 0. The molecule has 0 aromatic rings. The van der Waals surface area contributed by atoms with Crippen LogP contribution in [0.2, 0.25) is 0 Å². The van der Waals surface area contributed by atoms with E-state index < -0.39 is 99.0 Å². The van der Waals surface area contributed by atoms with Crippen molar-refractivity contribution in [1.29, 1.82) is 0 Å². The fraction of sp³-hybridized carbons (Fsp3) is 1.00. The number of aliphatic hydroxyl groups is 10. The molecule has 3 fully saturated rings. The number of rotatable bonds is 6. The molecule has 0 aromatic carbocycles. The summed E-state index contributed by atoms with van der Waals surface area (Å²) in [7, 11) is 0. The molecule has 0 amide bonds. The van der Waals surface area contributed by atoms with Crippen molar-refractivity contribution in [3.05, 3.63) is 0 Å². The molecule has 2 heterocycles. The molecule has 2 saturated heterocycles. The average molecular weight is 472 g/mol. The highest BCUT2D eigenvalue weighted by Gasteiger charge is 2.51. The zero-order chi connectivity index (χ0) is 23.7. The van der Waals surface area contributed by atoms with Crippen LogP contribution in [0.5, 0.6) is 0 Å². The van der Waals surface area contributed by atoms with Crippen molar-refractivity contribution >= 4 is 0 Å². The number of hydrogen-bond donors (Lipinski definition) is 10. The van der Waals surface area contributed by atoms with Crippen LogP contribution in [0.25, 0.3) is 0 Å². The van der Waals surface area contributed by atoms with E-state index in [4.69, 9.17) is 18.9 Å². The molecular weight excluding hydrogens is 440 g/mol. The minimum absolute atomic E-state index is 0.112. The van der Waals surface area contributed by atoms with Gasteiger partial charge in [-0.3, -0.25) is 0 Å². The Labute approximate surface area is 182 Å². The second-order valence-corrected chi connectivity index (χ2v) is 8.31. The van der Waals surface area contributed by atoms with Gasteiger partial charge in [0, 0.05) is 0 Å². The summed E-state index contributed by atoms with van der Waals surface area (Å²) in [6.07, 6.45) is -20.8. The summed E-state index contributed by atoms with van der Waals surface area (Å²) < 4.78 is 21.6. The predicted octanol–water partition coefficient (Wildman–Crippen LogP) is -6.13. The van der Waals surface area contributed by atoms with Gasteiger partial charge in [0.25, 0.3) is 0 Å². The maximum absolute atomic E-state index is 10.6. The standard InChI is InChI=1S/C18H32O14/c19-3-7-11(24)12(25)14(27)18(30-7)32-16-8(4-20)31-17(15(28)13(16)26)29-6-2-1-5(21)9(22)10(6)23/h5-28H,1-4H2/t5-,6+,7+,8+,9-,10-,11-,12-,13+,14-,15-,16-,17+,18-/m1/s1. The summed E-state index contributed by atoms with van der Waals surface area (Å²) in [6, 6.07) is 0. The molecule has 32 heavy (non-hydrogen) atoms. The van der Waals surface area contributed by atoms with Crippen LogP contribution in [0.3, 0.4) is 0 Å². The van der Waals surface area contributed by atoms with E-state index in [9.17, 15) is 51.1 Å². The fourth-order valence-corrected chi connectivity index (χ4v) is 4.11. The molecular formula is C18H32O14. The van der Waals surface area contributed by atoms with Gasteiger partial charge in [0.1, 0.15) is 61.0 Å². The van der Waals surface area contributed by atoms with E-state index in [1.54, 1.807) is 0 Å². The lowest BCUT2D eigenvalue weighted by Gasteiger charge is -2.47. The molecule has 0 unspecified atom stereocenters. The number of aliphatic hydroxyl groups excluding tert-OH is 10. The molecule has 0 radical (unpaired) electrons. The Morgan fingerprint density at radius 1 is 0.562 bits per heavy atom. The maximum Gasteiger partial charge on any atom is 0.187 e. The molecule has 188 valence electrons. The summed E-state index contributed by atoms with van der Waals surface area (Å²) in [4.78, 5) is 0. The average Bonchev–Trinajstić information content (AvgIpc) is 2.78. The summed E-state index contributed by atoms with van der Waals surface area (Å²) in [5, 5.41) is 99.3. The lowest BCUT2D eigenvalue weighted by Crippen LogP contribution is -2.65. The van der Waals surface area contributed by atoms with Crippen LogP contribution in [-0.2, 0) is 18.9 Å². The SMILES string of the molecule is OC[C@@H]1O[C@H](O[C@H]2[C@@H](O)[C@@H](O)[C@@H](O[C@H]3CC[C@@H](O)[C@@H](O)[C@@H]3O)O[C@H]2CO)[C@H](O)[C@H](O)[C@@H]1O. The van der Waals surface area contributed by atoms with Crippen LogP contribution >= 0.6 is 0 Å². The van der Waals surface area contributed by atoms with E-state index in [0.29, 0.717) is 0 Å². The number of hydrogen-bond acceptors (Lipinski definition) is 14. The van der Waals surface area contributed by atoms with Crippen molar-refractivity contribution in [1.82, 2.24) is 0 Å². The zero-order valence-corrected chi connectivity index (χ0v) is 17.0. The molecule has 14 heteroatoms. The highest BCUT2D eigenvalue weighted by Crippen LogP contribution is 2.32. The molecule has 0 aromatic heterocycles. The molecule has 1 saturated carbocycles. The third-order valence-corrected chi connectivity index (χ3v) is 6.14. The lowest BCUT2D eigenvalue weighted by atomic mass is 9.89. The van der Waals surface area contributed by atoms with Gasteiger partial charge in [-0.05, 0) is 12.8 Å². The summed E-state index contributed by atoms with van der Waals surface area (Å²) in [6.45, 7) is -1.44. The summed E-state index contributed by atoms with van der Waals surface area (Å²) >= 11 is 0. The van der Waals surface area contributed by atoms with Crippen molar-refractivity contribution < 1.29 is 70.0 Å². The zero-order valence-electron chi connectivity index (χ0n) is 17.0. The van der Waals surface area contributed by atoms with Gasteiger partial charge < -0.3 is 70.0 Å². The number of ether oxygens (including phenoxy) is 4. The van der Waals surface area contributed by atoms with Gasteiger partial charge >= 0.3 is 0 Å². The van der Waals surface area contributed by atoms with Gasteiger partial charge in [-0.25, -0.2) is 0 Å². The van der Waals surface area contributed by atoms with Crippen LogP contribution in [0.4, 0.5) is 0 Å². The third-order valence-electron chi connectivity index (χ3n) is 6.14. The fourth-order valence-electron chi connectivity index (χ4n) is 4.11. The van der Waals surface area contributed by atoms with E-state index in [2.05, 4.69) is 0 Å². The van der Waals surface area contributed by atoms with E-state index in [1.165, 1.54) is 0 Å². The quantitative estimate of drug-likeness (QED) is 0.173. The van der Waals surface area contributed by atoms with Crippen LogP contribution in [0.1, 0.15) is 12.8 Å². The predicted molar refractivity (Wildman–Crippen MR) is 98.5 cm³/mol. The maximum atomic E-state index is 10.6. The topological polar surface area (TPSA) is 239 Å². The van der Waals surface area contributed by atoms with E-state index in [1.807, 2.05) is 0 Å².